The minimum Gasteiger partial charge on any atom is -0.481 e. The second kappa shape index (κ2) is 7.55. The first-order valence-corrected chi connectivity index (χ1v) is 7.81. The number of nitrogens with one attached hydrogen (secondary N) is 1. The number of carbonyl (C=O) groups is 2. The molecule has 1 unspecified atom stereocenters. The summed E-state index contributed by atoms with van der Waals surface area (Å²) < 4.78 is 37.6. The molecule has 1 atom stereocenters. The van der Waals surface area contributed by atoms with Crippen LogP contribution in [-0.4, -0.2) is 28.5 Å². The van der Waals surface area contributed by atoms with Crippen molar-refractivity contribution in [2.75, 3.05) is 6.54 Å². The Hall–Kier alpha value is -2.90. The first kappa shape index (κ1) is 19.4. The molecular formula is C18H17F3N2O3. The van der Waals surface area contributed by atoms with Crippen LogP contribution in [0.2, 0.25) is 0 Å². The number of pyridine rings is 1. The second-order valence-corrected chi connectivity index (χ2v) is 5.72. The van der Waals surface area contributed by atoms with E-state index in [2.05, 4.69) is 10.3 Å². The third-order valence-corrected chi connectivity index (χ3v) is 4.21. The lowest BCUT2D eigenvalue weighted by atomic mass is 9.78. The molecule has 26 heavy (non-hydrogen) atoms. The van der Waals surface area contributed by atoms with Crippen molar-refractivity contribution in [3.63, 3.8) is 0 Å². The molecule has 2 N–H and O–H groups in total. The molecule has 2 rings (SSSR count). The number of aliphatic carboxylic acids is 1. The van der Waals surface area contributed by atoms with Gasteiger partial charge in [-0.05, 0) is 24.1 Å². The van der Waals surface area contributed by atoms with Crippen molar-refractivity contribution in [2.24, 2.45) is 0 Å². The van der Waals surface area contributed by atoms with E-state index in [1.54, 1.807) is 37.3 Å². The minimum atomic E-state index is -4.59. The van der Waals surface area contributed by atoms with Crippen LogP contribution < -0.4 is 5.32 Å². The molecule has 1 heterocycles. The van der Waals surface area contributed by atoms with Crippen molar-refractivity contribution >= 4 is 11.9 Å². The summed E-state index contributed by atoms with van der Waals surface area (Å²) in [5, 5.41) is 12.2. The maximum absolute atomic E-state index is 12.5. The van der Waals surface area contributed by atoms with Gasteiger partial charge in [-0.3, -0.25) is 14.6 Å². The van der Waals surface area contributed by atoms with Gasteiger partial charge < -0.3 is 10.4 Å². The van der Waals surface area contributed by atoms with Crippen LogP contribution in [0.1, 0.15) is 35.0 Å². The lowest BCUT2D eigenvalue weighted by Crippen LogP contribution is -2.46. The van der Waals surface area contributed by atoms with Gasteiger partial charge in [0.2, 0.25) is 0 Å². The van der Waals surface area contributed by atoms with Gasteiger partial charge in [0.05, 0.1) is 5.56 Å². The van der Waals surface area contributed by atoms with Gasteiger partial charge >= 0.3 is 12.1 Å². The van der Waals surface area contributed by atoms with Crippen LogP contribution in [-0.2, 0) is 16.4 Å². The molecule has 138 valence electrons. The van der Waals surface area contributed by atoms with E-state index in [0.717, 1.165) is 12.3 Å². The molecule has 0 bridgehead atoms. The van der Waals surface area contributed by atoms with Crippen LogP contribution in [0.4, 0.5) is 13.2 Å². The number of rotatable bonds is 6. The fourth-order valence-corrected chi connectivity index (χ4v) is 2.57. The van der Waals surface area contributed by atoms with Gasteiger partial charge in [-0.25, -0.2) is 0 Å². The van der Waals surface area contributed by atoms with Gasteiger partial charge in [-0.2, -0.15) is 13.2 Å². The lowest BCUT2D eigenvalue weighted by molar-refractivity contribution is -0.144. The molecule has 0 aliphatic heterocycles. The minimum absolute atomic E-state index is 0.0820. The van der Waals surface area contributed by atoms with Crippen molar-refractivity contribution in [2.45, 2.75) is 24.9 Å². The number of alkyl halides is 3. The van der Waals surface area contributed by atoms with Gasteiger partial charge in [0, 0.05) is 12.7 Å². The summed E-state index contributed by atoms with van der Waals surface area (Å²) in [6.45, 7) is 1.48. The van der Waals surface area contributed by atoms with Crippen molar-refractivity contribution in [3.05, 3.63) is 65.5 Å². The van der Waals surface area contributed by atoms with Crippen LogP contribution in [0.25, 0.3) is 0 Å². The molecule has 1 aromatic heterocycles. The third kappa shape index (κ3) is 4.01. The summed E-state index contributed by atoms with van der Waals surface area (Å²) in [4.78, 5) is 27.3. The summed E-state index contributed by atoms with van der Waals surface area (Å²) in [6, 6.07) is 10.2. The maximum Gasteiger partial charge on any atom is 0.433 e. The fraction of sp³-hybridized carbons (Fsp3) is 0.278. The number of nitrogens with zero attached hydrogens (tertiary/aromatic N) is 1. The van der Waals surface area contributed by atoms with E-state index in [0.29, 0.717) is 11.6 Å². The number of carboxylic acid groups (broad SMARTS) is 1. The van der Waals surface area contributed by atoms with Gasteiger partial charge in [0.15, 0.2) is 0 Å². The normalized spacial score (nSPS) is 13.7. The summed E-state index contributed by atoms with van der Waals surface area (Å²) >= 11 is 0. The average molecular weight is 366 g/mol. The highest BCUT2D eigenvalue weighted by molar-refractivity contribution is 5.94. The Morgan fingerprint density at radius 1 is 1.12 bits per heavy atom. The largest absolute Gasteiger partial charge is 0.481 e. The number of halogens is 3. The lowest BCUT2D eigenvalue weighted by Gasteiger charge is -2.29. The zero-order valence-corrected chi connectivity index (χ0v) is 13.9. The Morgan fingerprint density at radius 2 is 1.77 bits per heavy atom. The van der Waals surface area contributed by atoms with E-state index in [-0.39, 0.29) is 18.5 Å². The van der Waals surface area contributed by atoms with E-state index in [1.165, 1.54) is 0 Å². The van der Waals surface area contributed by atoms with Crippen molar-refractivity contribution < 1.29 is 27.9 Å². The highest BCUT2D eigenvalue weighted by atomic mass is 19.4. The molecule has 0 radical (unpaired) electrons. The van der Waals surface area contributed by atoms with E-state index >= 15 is 0 Å². The number of amides is 1. The van der Waals surface area contributed by atoms with Crippen molar-refractivity contribution in [3.8, 4) is 0 Å². The SMILES string of the molecule is CCC(CNC(=O)c1ccc(C(F)(F)F)nc1)(C(=O)O)c1ccccc1. The van der Waals surface area contributed by atoms with Crippen molar-refractivity contribution in [1.29, 1.82) is 0 Å². The molecule has 1 aromatic carbocycles. The topological polar surface area (TPSA) is 79.3 Å². The number of hydrogen-bond acceptors (Lipinski definition) is 3. The first-order valence-electron chi connectivity index (χ1n) is 7.81. The number of hydrogen-bond donors (Lipinski definition) is 2. The fourth-order valence-electron chi connectivity index (χ4n) is 2.57. The number of carboxylic acids is 1. The molecule has 0 saturated heterocycles. The zero-order chi connectivity index (χ0) is 19.4. The van der Waals surface area contributed by atoms with Gasteiger partial charge in [-0.1, -0.05) is 37.3 Å². The van der Waals surface area contributed by atoms with E-state index in [1.807, 2.05) is 0 Å². The summed E-state index contributed by atoms with van der Waals surface area (Å²) in [7, 11) is 0. The monoisotopic (exact) mass is 366 g/mol. The van der Waals surface area contributed by atoms with Gasteiger partial charge in [-0.15, -0.1) is 0 Å². The first-order chi connectivity index (χ1) is 12.2. The van der Waals surface area contributed by atoms with Crippen molar-refractivity contribution in [1.82, 2.24) is 10.3 Å². The van der Waals surface area contributed by atoms with E-state index in [4.69, 9.17) is 0 Å². The quantitative estimate of drug-likeness (QED) is 0.822. The predicted molar refractivity (Wildman–Crippen MR) is 87.6 cm³/mol. The van der Waals surface area contributed by atoms with Crippen LogP contribution in [0.5, 0.6) is 0 Å². The Kier molecular flexibility index (Phi) is 5.64. The molecule has 0 aliphatic rings. The molecule has 0 saturated carbocycles. The van der Waals surface area contributed by atoms with Crippen LogP contribution in [0.15, 0.2) is 48.7 Å². The van der Waals surface area contributed by atoms with Gasteiger partial charge in [0.1, 0.15) is 11.1 Å². The zero-order valence-electron chi connectivity index (χ0n) is 13.9. The standard InChI is InChI=1S/C18H17F3N2O3/c1-2-17(16(25)26,13-6-4-3-5-7-13)11-23-15(24)12-8-9-14(22-10-12)18(19,20)21/h3-10H,2,11H2,1H3,(H,23,24)(H,25,26). The smallest absolute Gasteiger partial charge is 0.433 e. The molecule has 0 aliphatic carbocycles. The highest BCUT2D eigenvalue weighted by Gasteiger charge is 2.39. The molecule has 5 nitrogen and oxygen atoms in total. The Bertz CT molecular complexity index is 777. The summed E-state index contributed by atoms with van der Waals surface area (Å²) in [5.41, 5.74) is -2.00. The Morgan fingerprint density at radius 3 is 2.23 bits per heavy atom. The van der Waals surface area contributed by atoms with E-state index < -0.39 is 29.2 Å². The number of benzene rings is 1. The summed E-state index contributed by atoms with van der Waals surface area (Å²) in [6.07, 6.45) is -3.56. The predicted octanol–water partition coefficient (Wildman–Crippen LogP) is 3.26. The average Bonchev–Trinajstić information content (AvgIpc) is 2.62. The van der Waals surface area contributed by atoms with Gasteiger partial charge in [0.25, 0.3) is 5.91 Å². The molecule has 1 amide bonds. The summed E-state index contributed by atoms with van der Waals surface area (Å²) in [5.74, 6) is -1.79. The Balaban J connectivity index is 2.19. The molecule has 0 fully saturated rings. The number of carbonyl (C=O) groups excluding carboxylic acids is 1. The Labute approximate surface area is 147 Å². The van der Waals surface area contributed by atoms with Crippen LogP contribution in [0, 0.1) is 0 Å². The molecule has 0 spiro atoms. The maximum atomic E-state index is 12.5. The molecular weight excluding hydrogens is 349 g/mol. The molecule has 8 heteroatoms. The number of aromatic nitrogens is 1. The van der Waals surface area contributed by atoms with Crippen LogP contribution in [0.3, 0.4) is 0 Å². The third-order valence-electron chi connectivity index (χ3n) is 4.21. The van der Waals surface area contributed by atoms with Crippen LogP contribution >= 0.6 is 0 Å². The van der Waals surface area contributed by atoms with E-state index in [9.17, 15) is 27.9 Å². The molecule has 2 aromatic rings. The second-order valence-electron chi connectivity index (χ2n) is 5.72. The highest BCUT2D eigenvalue weighted by Crippen LogP contribution is 2.29.